The Morgan fingerprint density at radius 2 is 2.29 bits per heavy atom. The quantitative estimate of drug-likeness (QED) is 0.615. The van der Waals surface area contributed by atoms with Gasteiger partial charge in [0.25, 0.3) is 0 Å². The number of rotatable bonds is 5. The molecule has 0 bridgehead atoms. The van der Waals surface area contributed by atoms with Crippen molar-refractivity contribution in [3.05, 3.63) is 22.5 Å². The lowest BCUT2D eigenvalue weighted by Gasteiger charge is -2.09. The van der Waals surface area contributed by atoms with Crippen LogP contribution in [0.1, 0.15) is 19.3 Å². The molecule has 2 rings (SSSR count). The first kappa shape index (κ1) is 11.7. The molecular weight excluding hydrogens is 224 g/mol. The monoisotopic (exact) mass is 238 g/mol. The summed E-state index contributed by atoms with van der Waals surface area (Å²) in [5.74, 6) is 0.411. The highest BCUT2D eigenvalue weighted by atomic mass is 16.6. The molecule has 1 aliphatic rings. The number of nitrogens with zero attached hydrogens (tertiary/aromatic N) is 3. The van der Waals surface area contributed by atoms with Crippen molar-refractivity contribution in [1.29, 1.82) is 0 Å². The second-order valence-corrected chi connectivity index (χ2v) is 3.87. The summed E-state index contributed by atoms with van der Waals surface area (Å²) in [5, 5.41) is 13.4. The number of hydrogen-bond acceptors (Lipinski definition) is 6. The Hall–Kier alpha value is -1.76. The SMILES string of the molecule is O=[N+]([O-])c1cnc(NCCC2CCCO2)nc1. The minimum atomic E-state index is -0.518. The predicted molar refractivity (Wildman–Crippen MR) is 60.8 cm³/mol. The summed E-state index contributed by atoms with van der Waals surface area (Å²) in [5.41, 5.74) is -0.102. The molecule has 0 radical (unpaired) electrons. The van der Waals surface area contributed by atoms with E-state index in [0.717, 1.165) is 25.9 Å². The van der Waals surface area contributed by atoms with E-state index < -0.39 is 4.92 Å². The van der Waals surface area contributed by atoms with Gasteiger partial charge in [0.1, 0.15) is 12.4 Å². The van der Waals surface area contributed by atoms with E-state index in [1.54, 1.807) is 0 Å². The average Bonchev–Trinajstić information content (AvgIpc) is 2.83. The van der Waals surface area contributed by atoms with Gasteiger partial charge >= 0.3 is 5.69 Å². The van der Waals surface area contributed by atoms with Crippen LogP contribution >= 0.6 is 0 Å². The van der Waals surface area contributed by atoms with Crippen LogP contribution in [0.4, 0.5) is 11.6 Å². The largest absolute Gasteiger partial charge is 0.378 e. The molecule has 7 nitrogen and oxygen atoms in total. The first-order valence-corrected chi connectivity index (χ1v) is 5.57. The number of aromatic nitrogens is 2. The molecular formula is C10H14N4O3. The molecule has 1 atom stereocenters. The van der Waals surface area contributed by atoms with Crippen LogP contribution in [0.5, 0.6) is 0 Å². The third-order valence-electron chi connectivity index (χ3n) is 2.62. The molecule has 1 aromatic rings. The highest BCUT2D eigenvalue weighted by Crippen LogP contribution is 2.15. The van der Waals surface area contributed by atoms with Crippen LogP contribution in [0.2, 0.25) is 0 Å². The summed E-state index contributed by atoms with van der Waals surface area (Å²) in [7, 11) is 0. The third-order valence-corrected chi connectivity index (χ3v) is 2.62. The molecule has 17 heavy (non-hydrogen) atoms. The lowest BCUT2D eigenvalue weighted by molar-refractivity contribution is -0.385. The molecule has 1 unspecified atom stereocenters. The van der Waals surface area contributed by atoms with Gasteiger partial charge in [-0.25, -0.2) is 9.97 Å². The van der Waals surface area contributed by atoms with E-state index in [1.807, 2.05) is 0 Å². The van der Waals surface area contributed by atoms with Crippen molar-refractivity contribution in [2.75, 3.05) is 18.5 Å². The minimum absolute atomic E-state index is 0.102. The van der Waals surface area contributed by atoms with Gasteiger partial charge in [-0.1, -0.05) is 0 Å². The van der Waals surface area contributed by atoms with Crippen LogP contribution in [-0.2, 0) is 4.74 Å². The van der Waals surface area contributed by atoms with E-state index in [4.69, 9.17) is 4.74 Å². The summed E-state index contributed by atoms with van der Waals surface area (Å²) in [6.45, 7) is 1.56. The average molecular weight is 238 g/mol. The summed E-state index contributed by atoms with van der Waals surface area (Å²) in [4.78, 5) is 17.6. The van der Waals surface area contributed by atoms with Gasteiger partial charge in [-0.05, 0) is 19.3 Å². The summed E-state index contributed by atoms with van der Waals surface area (Å²) < 4.78 is 5.47. The maximum atomic E-state index is 10.4. The fraction of sp³-hybridized carbons (Fsp3) is 0.600. The molecule has 1 saturated heterocycles. The van der Waals surface area contributed by atoms with Crippen molar-refractivity contribution in [2.24, 2.45) is 0 Å². The van der Waals surface area contributed by atoms with E-state index in [1.165, 1.54) is 12.4 Å². The lowest BCUT2D eigenvalue weighted by atomic mass is 10.2. The topological polar surface area (TPSA) is 90.2 Å². The second-order valence-electron chi connectivity index (χ2n) is 3.87. The van der Waals surface area contributed by atoms with Crippen molar-refractivity contribution in [3.63, 3.8) is 0 Å². The van der Waals surface area contributed by atoms with Gasteiger partial charge in [0, 0.05) is 13.2 Å². The molecule has 7 heteroatoms. The van der Waals surface area contributed by atoms with Gasteiger partial charge in [0.05, 0.1) is 11.0 Å². The van der Waals surface area contributed by atoms with Gasteiger partial charge in [-0.15, -0.1) is 0 Å². The fourth-order valence-electron chi connectivity index (χ4n) is 1.72. The van der Waals surface area contributed by atoms with E-state index in [-0.39, 0.29) is 5.69 Å². The summed E-state index contributed by atoms with van der Waals surface area (Å²) in [6.07, 6.45) is 5.84. The number of ether oxygens (including phenoxy) is 1. The van der Waals surface area contributed by atoms with Gasteiger partial charge in [0.15, 0.2) is 0 Å². The third kappa shape index (κ3) is 3.35. The van der Waals surface area contributed by atoms with Gasteiger partial charge < -0.3 is 10.1 Å². The molecule has 1 aliphatic heterocycles. The molecule has 0 spiro atoms. The molecule has 1 N–H and O–H groups in total. The van der Waals surface area contributed by atoms with E-state index in [9.17, 15) is 10.1 Å². The van der Waals surface area contributed by atoms with Crippen LogP contribution in [0.3, 0.4) is 0 Å². The molecule has 0 saturated carbocycles. The maximum absolute atomic E-state index is 10.4. The first-order valence-electron chi connectivity index (χ1n) is 5.57. The number of nitrogens with one attached hydrogen (secondary N) is 1. The fourth-order valence-corrected chi connectivity index (χ4v) is 1.72. The Kier molecular flexibility index (Phi) is 3.81. The molecule has 0 aromatic carbocycles. The second kappa shape index (κ2) is 5.53. The van der Waals surface area contributed by atoms with Crippen molar-refractivity contribution in [3.8, 4) is 0 Å². The molecule has 1 aromatic heterocycles. The zero-order valence-corrected chi connectivity index (χ0v) is 9.33. The highest BCUT2D eigenvalue weighted by Gasteiger charge is 2.14. The van der Waals surface area contributed by atoms with Crippen molar-refractivity contribution < 1.29 is 9.66 Å². The zero-order chi connectivity index (χ0) is 12.1. The summed E-state index contributed by atoms with van der Waals surface area (Å²) in [6, 6.07) is 0. The van der Waals surface area contributed by atoms with Crippen molar-refractivity contribution >= 4 is 11.6 Å². The Labute approximate surface area is 98.4 Å². The predicted octanol–water partition coefficient (Wildman–Crippen LogP) is 1.37. The lowest BCUT2D eigenvalue weighted by Crippen LogP contribution is -2.13. The van der Waals surface area contributed by atoms with Crippen LogP contribution in [-0.4, -0.2) is 34.1 Å². The van der Waals surface area contributed by atoms with Crippen LogP contribution in [0.25, 0.3) is 0 Å². The zero-order valence-electron chi connectivity index (χ0n) is 9.33. The maximum Gasteiger partial charge on any atom is 0.305 e. The normalized spacial score (nSPS) is 19.2. The smallest absolute Gasteiger partial charge is 0.305 e. The van der Waals surface area contributed by atoms with Crippen LogP contribution < -0.4 is 5.32 Å². The molecule has 1 fully saturated rings. The van der Waals surface area contributed by atoms with E-state index in [0.29, 0.717) is 18.6 Å². The standard InChI is InChI=1S/C10H14N4O3/c15-14(16)8-6-12-10(13-7-8)11-4-3-9-2-1-5-17-9/h6-7,9H,1-5H2,(H,11,12,13). The van der Waals surface area contributed by atoms with Crippen molar-refractivity contribution in [2.45, 2.75) is 25.4 Å². The first-order chi connectivity index (χ1) is 8.25. The molecule has 0 aliphatic carbocycles. The highest BCUT2D eigenvalue weighted by molar-refractivity contribution is 5.30. The number of nitro groups is 1. The van der Waals surface area contributed by atoms with Gasteiger partial charge in [-0.2, -0.15) is 0 Å². The Morgan fingerprint density at radius 1 is 1.53 bits per heavy atom. The Balaban J connectivity index is 1.76. The molecule has 92 valence electrons. The Bertz CT molecular complexity index is 376. The van der Waals surface area contributed by atoms with Crippen LogP contribution in [0, 0.1) is 10.1 Å². The van der Waals surface area contributed by atoms with E-state index in [2.05, 4.69) is 15.3 Å². The van der Waals surface area contributed by atoms with E-state index >= 15 is 0 Å². The summed E-state index contributed by atoms with van der Waals surface area (Å²) >= 11 is 0. The molecule has 0 amide bonds. The number of anilines is 1. The minimum Gasteiger partial charge on any atom is -0.378 e. The van der Waals surface area contributed by atoms with Crippen LogP contribution in [0.15, 0.2) is 12.4 Å². The Morgan fingerprint density at radius 3 is 2.88 bits per heavy atom. The number of hydrogen-bond donors (Lipinski definition) is 1. The molecule has 2 heterocycles. The van der Waals surface area contributed by atoms with Gasteiger partial charge in [0.2, 0.25) is 5.95 Å². The van der Waals surface area contributed by atoms with Gasteiger partial charge in [-0.3, -0.25) is 10.1 Å². The van der Waals surface area contributed by atoms with Crippen molar-refractivity contribution in [1.82, 2.24) is 9.97 Å².